The van der Waals surface area contributed by atoms with Gasteiger partial charge in [-0.25, -0.2) is 18.4 Å². The summed E-state index contributed by atoms with van der Waals surface area (Å²) in [7, 11) is -3.37. The molecule has 2 heterocycles. The summed E-state index contributed by atoms with van der Waals surface area (Å²) in [4.78, 5) is 22.3. The van der Waals surface area contributed by atoms with Crippen LogP contribution >= 0.6 is 0 Å². The van der Waals surface area contributed by atoms with Crippen LogP contribution in [0.1, 0.15) is 28.0 Å². The van der Waals surface area contributed by atoms with E-state index < -0.39 is 9.84 Å². The second-order valence-electron chi connectivity index (χ2n) is 8.44. The van der Waals surface area contributed by atoms with E-state index in [1.165, 1.54) is 12.1 Å². The standard InChI is InChI=1S/C26H23N3O3S/c1-33(31,32)23-9-5-8-18(15-23)26(30)28-22-10-11-24-19(14-22)12-20-13-21(16-27-25(20)29-24)17-6-3-2-4-7-17/h2-9,12-13,15-16,22H,10-11,14H2,1H3,(H,28,30)/t22-/m1/s1. The van der Waals surface area contributed by atoms with Crippen molar-refractivity contribution in [1.82, 2.24) is 15.3 Å². The number of sulfone groups is 1. The van der Waals surface area contributed by atoms with Crippen LogP contribution in [0.5, 0.6) is 0 Å². The summed E-state index contributed by atoms with van der Waals surface area (Å²) in [5.41, 5.74) is 5.34. The van der Waals surface area contributed by atoms with Gasteiger partial charge in [-0.3, -0.25) is 4.79 Å². The quantitative estimate of drug-likeness (QED) is 0.501. The Hall–Kier alpha value is -3.58. The molecule has 5 rings (SSSR count). The Kier molecular flexibility index (Phi) is 5.42. The maximum atomic E-state index is 12.8. The SMILES string of the molecule is CS(=O)(=O)c1cccc(C(=O)N[C@@H]2CCc3nc4ncc(-c5ccccc5)cc4cc3C2)c1. The van der Waals surface area contributed by atoms with Crippen LogP contribution in [0, 0.1) is 0 Å². The second kappa shape index (κ2) is 8.41. The lowest BCUT2D eigenvalue weighted by Gasteiger charge is -2.25. The number of nitrogens with one attached hydrogen (secondary N) is 1. The van der Waals surface area contributed by atoms with Crippen LogP contribution in [0.15, 0.2) is 77.8 Å². The maximum Gasteiger partial charge on any atom is 0.251 e. The van der Waals surface area contributed by atoms with Gasteiger partial charge in [0.15, 0.2) is 15.5 Å². The van der Waals surface area contributed by atoms with Gasteiger partial charge in [-0.2, -0.15) is 0 Å². The lowest BCUT2D eigenvalue weighted by atomic mass is 9.90. The maximum absolute atomic E-state index is 12.8. The van der Waals surface area contributed by atoms with E-state index in [2.05, 4.69) is 34.6 Å². The van der Waals surface area contributed by atoms with Crippen molar-refractivity contribution in [3.8, 4) is 11.1 Å². The summed E-state index contributed by atoms with van der Waals surface area (Å²) in [5, 5.41) is 4.04. The zero-order valence-electron chi connectivity index (χ0n) is 18.2. The van der Waals surface area contributed by atoms with Gasteiger partial charge >= 0.3 is 0 Å². The number of hydrogen-bond donors (Lipinski definition) is 1. The van der Waals surface area contributed by atoms with Crippen LogP contribution < -0.4 is 5.32 Å². The molecular formula is C26H23N3O3S. The molecule has 0 unspecified atom stereocenters. The van der Waals surface area contributed by atoms with Crippen LogP contribution in [0.4, 0.5) is 0 Å². The number of rotatable bonds is 4. The molecule has 2 aromatic heterocycles. The lowest BCUT2D eigenvalue weighted by Crippen LogP contribution is -2.39. The number of aromatic nitrogens is 2. The molecule has 1 atom stereocenters. The number of carbonyl (C=O) groups is 1. The zero-order chi connectivity index (χ0) is 23.0. The van der Waals surface area contributed by atoms with Crippen molar-refractivity contribution in [2.24, 2.45) is 0 Å². The summed E-state index contributed by atoms with van der Waals surface area (Å²) in [5.74, 6) is -0.268. The van der Waals surface area contributed by atoms with Crippen molar-refractivity contribution in [2.45, 2.75) is 30.2 Å². The molecule has 2 aromatic carbocycles. The average Bonchev–Trinajstić information content (AvgIpc) is 2.82. The first-order chi connectivity index (χ1) is 15.9. The minimum atomic E-state index is -3.37. The zero-order valence-corrected chi connectivity index (χ0v) is 19.0. The molecule has 1 amide bonds. The van der Waals surface area contributed by atoms with Crippen molar-refractivity contribution in [2.75, 3.05) is 6.26 Å². The van der Waals surface area contributed by atoms with E-state index in [1.54, 1.807) is 12.1 Å². The van der Waals surface area contributed by atoms with Crippen molar-refractivity contribution >= 4 is 26.8 Å². The van der Waals surface area contributed by atoms with Gasteiger partial charge in [0, 0.05) is 40.7 Å². The number of aryl methyl sites for hydroxylation is 1. The third-order valence-electron chi connectivity index (χ3n) is 6.00. The Morgan fingerprint density at radius 2 is 1.82 bits per heavy atom. The summed E-state index contributed by atoms with van der Waals surface area (Å²) >= 11 is 0. The van der Waals surface area contributed by atoms with E-state index in [-0.39, 0.29) is 16.8 Å². The highest BCUT2D eigenvalue weighted by Gasteiger charge is 2.23. The molecule has 4 aromatic rings. The third-order valence-corrected chi connectivity index (χ3v) is 7.11. The van der Waals surface area contributed by atoms with Crippen LogP contribution in [0.25, 0.3) is 22.2 Å². The summed E-state index contributed by atoms with van der Waals surface area (Å²) in [6.45, 7) is 0. The van der Waals surface area contributed by atoms with Crippen LogP contribution in [0.3, 0.4) is 0 Å². The normalized spacial score (nSPS) is 15.7. The Balaban J connectivity index is 1.37. The predicted octanol–water partition coefficient (Wildman–Crippen LogP) is 3.99. The van der Waals surface area contributed by atoms with Crippen molar-refractivity contribution < 1.29 is 13.2 Å². The number of pyridine rings is 2. The molecule has 33 heavy (non-hydrogen) atoms. The highest BCUT2D eigenvalue weighted by molar-refractivity contribution is 7.90. The van der Waals surface area contributed by atoms with Gasteiger partial charge in [0.2, 0.25) is 0 Å². The van der Waals surface area contributed by atoms with Gasteiger partial charge in [0.05, 0.1) is 4.90 Å². The van der Waals surface area contributed by atoms with Crippen LogP contribution in [0.2, 0.25) is 0 Å². The van der Waals surface area contributed by atoms with Gasteiger partial charge < -0.3 is 5.32 Å². The van der Waals surface area contributed by atoms with E-state index in [0.717, 1.165) is 52.5 Å². The second-order valence-corrected chi connectivity index (χ2v) is 10.5. The number of fused-ring (bicyclic) bond motifs is 2. The molecule has 6 nitrogen and oxygen atoms in total. The summed E-state index contributed by atoms with van der Waals surface area (Å²) in [6.07, 6.45) is 5.18. The number of amides is 1. The minimum Gasteiger partial charge on any atom is -0.349 e. The molecule has 1 aliphatic rings. The number of hydrogen-bond acceptors (Lipinski definition) is 5. The summed E-state index contributed by atoms with van der Waals surface area (Å²) in [6, 6.07) is 20.4. The lowest BCUT2D eigenvalue weighted by molar-refractivity contribution is 0.0933. The van der Waals surface area contributed by atoms with Gasteiger partial charge in [-0.1, -0.05) is 36.4 Å². The fourth-order valence-corrected chi connectivity index (χ4v) is 4.93. The third kappa shape index (κ3) is 4.50. The molecule has 0 aliphatic heterocycles. The molecule has 0 bridgehead atoms. The molecular weight excluding hydrogens is 434 g/mol. The molecule has 0 radical (unpaired) electrons. The van der Waals surface area contributed by atoms with Gasteiger partial charge in [0.25, 0.3) is 5.91 Å². The van der Waals surface area contributed by atoms with E-state index >= 15 is 0 Å². The molecule has 0 spiro atoms. The van der Waals surface area contributed by atoms with Gasteiger partial charge in [-0.05, 0) is 60.7 Å². The van der Waals surface area contributed by atoms with Crippen molar-refractivity contribution in [1.29, 1.82) is 0 Å². The van der Waals surface area contributed by atoms with E-state index in [9.17, 15) is 13.2 Å². The van der Waals surface area contributed by atoms with Crippen molar-refractivity contribution in [3.63, 3.8) is 0 Å². The first-order valence-corrected chi connectivity index (χ1v) is 12.7. The van der Waals surface area contributed by atoms with Crippen LogP contribution in [-0.4, -0.2) is 36.6 Å². The largest absolute Gasteiger partial charge is 0.349 e. The smallest absolute Gasteiger partial charge is 0.251 e. The monoisotopic (exact) mass is 457 g/mol. The Morgan fingerprint density at radius 1 is 1.00 bits per heavy atom. The Morgan fingerprint density at radius 3 is 2.61 bits per heavy atom. The number of nitrogens with zero attached hydrogens (tertiary/aromatic N) is 2. The van der Waals surface area contributed by atoms with Crippen LogP contribution in [-0.2, 0) is 22.7 Å². The number of carbonyl (C=O) groups excluding carboxylic acids is 1. The van der Waals surface area contributed by atoms with Gasteiger partial charge in [-0.15, -0.1) is 0 Å². The van der Waals surface area contributed by atoms with E-state index in [1.807, 2.05) is 24.4 Å². The first-order valence-electron chi connectivity index (χ1n) is 10.8. The molecule has 1 N–H and O–H groups in total. The molecule has 0 fully saturated rings. The first kappa shape index (κ1) is 21.3. The average molecular weight is 458 g/mol. The van der Waals surface area contributed by atoms with E-state index in [4.69, 9.17) is 4.98 Å². The molecule has 0 saturated heterocycles. The molecule has 0 saturated carbocycles. The Labute approximate surface area is 192 Å². The topological polar surface area (TPSA) is 89.0 Å². The minimum absolute atomic E-state index is 0.0450. The molecule has 166 valence electrons. The fourth-order valence-electron chi connectivity index (χ4n) is 4.26. The number of benzene rings is 2. The highest BCUT2D eigenvalue weighted by atomic mass is 32.2. The fraction of sp³-hybridized carbons (Fsp3) is 0.192. The molecule has 1 aliphatic carbocycles. The van der Waals surface area contributed by atoms with Gasteiger partial charge in [0.1, 0.15) is 0 Å². The predicted molar refractivity (Wildman–Crippen MR) is 128 cm³/mol. The van der Waals surface area contributed by atoms with Crippen molar-refractivity contribution in [3.05, 3.63) is 89.7 Å². The van der Waals surface area contributed by atoms with E-state index in [0.29, 0.717) is 12.0 Å². The molecule has 7 heteroatoms. The Bertz CT molecular complexity index is 1470. The highest BCUT2D eigenvalue weighted by Crippen LogP contribution is 2.27. The summed E-state index contributed by atoms with van der Waals surface area (Å²) < 4.78 is 23.6.